The van der Waals surface area contributed by atoms with E-state index in [1.165, 1.54) is 6.42 Å². The number of benzene rings is 1. The lowest BCUT2D eigenvalue weighted by Crippen LogP contribution is -2.28. The number of aromatic nitrogens is 1. The summed E-state index contributed by atoms with van der Waals surface area (Å²) in [6.07, 6.45) is 3.22. The molecule has 17 heavy (non-hydrogen) atoms. The maximum Gasteiger partial charge on any atom is 0.216 e. The molecule has 0 fully saturated rings. The summed E-state index contributed by atoms with van der Waals surface area (Å²) in [6, 6.07) is 5.09. The minimum Gasteiger partial charge on any atom is -0.504 e. The van der Waals surface area contributed by atoms with Gasteiger partial charge < -0.3 is 10.2 Å². The van der Waals surface area contributed by atoms with Crippen molar-refractivity contribution in [2.24, 2.45) is 7.05 Å². The average Bonchev–Trinajstić information content (AvgIpc) is 2.22. The Bertz CT molecular complexity index is 521. The molecule has 0 atom stereocenters. The SMILES string of the molecule is CCC.Cc1cc2cc(O)c(O)cc2[n+](C)c1. The molecule has 0 amide bonds. The first-order chi connectivity index (χ1) is 7.99. The van der Waals surface area contributed by atoms with Crippen LogP contribution in [-0.4, -0.2) is 10.2 Å². The highest BCUT2D eigenvalue weighted by Gasteiger charge is 2.10. The zero-order valence-electron chi connectivity index (χ0n) is 10.9. The van der Waals surface area contributed by atoms with Gasteiger partial charge in [-0.05, 0) is 19.1 Å². The quantitative estimate of drug-likeness (QED) is 0.544. The second-order valence-electron chi connectivity index (χ2n) is 4.24. The summed E-state index contributed by atoms with van der Waals surface area (Å²) >= 11 is 0. The molecule has 0 aliphatic heterocycles. The van der Waals surface area contributed by atoms with Crippen LogP contribution in [0, 0.1) is 6.92 Å². The average molecular weight is 234 g/mol. The van der Waals surface area contributed by atoms with Crippen molar-refractivity contribution in [1.29, 1.82) is 0 Å². The van der Waals surface area contributed by atoms with Gasteiger partial charge in [0.1, 0.15) is 7.05 Å². The van der Waals surface area contributed by atoms with Gasteiger partial charge in [0.05, 0.1) is 11.5 Å². The van der Waals surface area contributed by atoms with Crippen molar-refractivity contribution in [2.45, 2.75) is 27.2 Å². The van der Waals surface area contributed by atoms with Crippen molar-refractivity contribution in [1.82, 2.24) is 0 Å². The molecule has 0 bridgehead atoms. The molecular weight excluding hydrogens is 214 g/mol. The van der Waals surface area contributed by atoms with Crippen molar-refractivity contribution in [2.75, 3.05) is 0 Å². The molecule has 1 heterocycles. The van der Waals surface area contributed by atoms with E-state index in [-0.39, 0.29) is 11.5 Å². The van der Waals surface area contributed by atoms with Gasteiger partial charge in [0.15, 0.2) is 17.7 Å². The van der Waals surface area contributed by atoms with Crippen LogP contribution in [0.5, 0.6) is 11.5 Å². The Labute approximate surface area is 102 Å². The fourth-order valence-corrected chi connectivity index (χ4v) is 1.66. The number of rotatable bonds is 0. The number of fused-ring (bicyclic) bond motifs is 1. The number of phenolic OH excluding ortho intramolecular Hbond substituents is 2. The van der Waals surface area contributed by atoms with Crippen molar-refractivity contribution in [3.63, 3.8) is 0 Å². The third kappa shape index (κ3) is 3.09. The smallest absolute Gasteiger partial charge is 0.216 e. The molecule has 3 nitrogen and oxygen atoms in total. The van der Waals surface area contributed by atoms with E-state index < -0.39 is 0 Å². The lowest BCUT2D eigenvalue weighted by molar-refractivity contribution is -0.645. The van der Waals surface area contributed by atoms with Gasteiger partial charge in [-0.1, -0.05) is 20.3 Å². The summed E-state index contributed by atoms with van der Waals surface area (Å²) in [5.41, 5.74) is 2.01. The molecular formula is C14H20NO2+. The van der Waals surface area contributed by atoms with Gasteiger partial charge in [-0.25, -0.2) is 4.57 Å². The van der Waals surface area contributed by atoms with Crippen molar-refractivity contribution >= 4 is 10.9 Å². The van der Waals surface area contributed by atoms with Crippen molar-refractivity contribution in [3.8, 4) is 11.5 Å². The van der Waals surface area contributed by atoms with Crippen LogP contribution in [0.4, 0.5) is 0 Å². The second kappa shape index (κ2) is 5.53. The van der Waals surface area contributed by atoms with Gasteiger partial charge in [0, 0.05) is 5.56 Å². The van der Waals surface area contributed by atoms with Gasteiger partial charge >= 0.3 is 0 Å². The van der Waals surface area contributed by atoms with Crippen molar-refractivity contribution < 1.29 is 14.8 Å². The number of aromatic hydroxyl groups is 2. The molecule has 0 unspecified atom stereocenters. The topological polar surface area (TPSA) is 44.3 Å². The van der Waals surface area contributed by atoms with Gasteiger partial charge in [-0.2, -0.15) is 0 Å². The van der Waals surface area contributed by atoms with Crippen LogP contribution in [0.2, 0.25) is 0 Å². The number of hydrogen-bond acceptors (Lipinski definition) is 2. The van der Waals surface area contributed by atoms with Crippen LogP contribution in [0.15, 0.2) is 24.4 Å². The van der Waals surface area contributed by atoms with Crippen LogP contribution >= 0.6 is 0 Å². The fourth-order valence-electron chi connectivity index (χ4n) is 1.66. The number of hydrogen-bond donors (Lipinski definition) is 2. The molecule has 0 aliphatic rings. The Kier molecular flexibility index (Phi) is 4.32. The van der Waals surface area contributed by atoms with Gasteiger partial charge in [-0.3, -0.25) is 0 Å². The molecule has 2 N–H and O–H groups in total. The van der Waals surface area contributed by atoms with E-state index in [0.29, 0.717) is 0 Å². The molecule has 2 rings (SSSR count). The fraction of sp³-hybridized carbons (Fsp3) is 0.357. The molecule has 1 aromatic heterocycles. The van der Waals surface area contributed by atoms with E-state index in [2.05, 4.69) is 13.8 Å². The molecule has 2 aromatic rings. The molecule has 0 saturated heterocycles. The van der Waals surface area contributed by atoms with Gasteiger partial charge in [0.2, 0.25) is 5.52 Å². The summed E-state index contributed by atoms with van der Waals surface area (Å²) in [5, 5.41) is 19.6. The van der Waals surface area contributed by atoms with Crippen LogP contribution in [0.1, 0.15) is 25.8 Å². The van der Waals surface area contributed by atoms with E-state index in [9.17, 15) is 10.2 Å². The van der Waals surface area contributed by atoms with E-state index in [1.807, 2.05) is 30.8 Å². The van der Waals surface area contributed by atoms with Gasteiger partial charge in [0.25, 0.3) is 0 Å². The van der Waals surface area contributed by atoms with Crippen LogP contribution in [0.25, 0.3) is 10.9 Å². The highest BCUT2D eigenvalue weighted by Crippen LogP contribution is 2.28. The zero-order chi connectivity index (χ0) is 13.0. The number of phenols is 2. The monoisotopic (exact) mass is 234 g/mol. The summed E-state index contributed by atoms with van der Waals surface area (Å²) in [6.45, 7) is 6.24. The van der Waals surface area contributed by atoms with Crippen molar-refractivity contribution in [3.05, 3.63) is 30.0 Å². The Morgan fingerprint density at radius 1 is 1.06 bits per heavy atom. The standard InChI is InChI=1S/C11H11NO2.C3H8/c1-7-3-8-4-10(13)11(14)5-9(8)12(2)6-7;1-3-2/h3-6,13H,1-2H3;3H2,1-2H3/p+1. The van der Waals surface area contributed by atoms with E-state index in [4.69, 9.17) is 0 Å². The molecule has 1 aromatic carbocycles. The molecule has 92 valence electrons. The first kappa shape index (κ1) is 13.3. The highest BCUT2D eigenvalue weighted by atomic mass is 16.3. The van der Waals surface area contributed by atoms with Crippen LogP contribution in [0.3, 0.4) is 0 Å². The summed E-state index contributed by atoms with van der Waals surface area (Å²) in [4.78, 5) is 0. The normalized spacial score (nSPS) is 9.88. The van der Waals surface area contributed by atoms with E-state index in [1.54, 1.807) is 12.1 Å². The first-order valence-corrected chi connectivity index (χ1v) is 5.81. The maximum absolute atomic E-state index is 9.35. The minimum absolute atomic E-state index is 0.0805. The molecule has 0 spiro atoms. The van der Waals surface area contributed by atoms with E-state index >= 15 is 0 Å². The largest absolute Gasteiger partial charge is 0.504 e. The van der Waals surface area contributed by atoms with E-state index in [0.717, 1.165) is 16.5 Å². The zero-order valence-corrected chi connectivity index (χ0v) is 10.9. The minimum atomic E-state index is -0.0862. The predicted octanol–water partition coefficient (Wildman–Crippen LogP) is 2.80. The Morgan fingerprint density at radius 3 is 2.18 bits per heavy atom. The summed E-state index contributed by atoms with van der Waals surface area (Å²) in [7, 11) is 1.91. The maximum atomic E-state index is 9.35. The first-order valence-electron chi connectivity index (χ1n) is 5.81. The number of aryl methyl sites for hydroxylation is 2. The lowest BCUT2D eigenvalue weighted by Gasteiger charge is -2.01. The second-order valence-corrected chi connectivity index (χ2v) is 4.24. The lowest BCUT2D eigenvalue weighted by atomic mass is 10.1. The Morgan fingerprint density at radius 2 is 1.59 bits per heavy atom. The Balaban J connectivity index is 0.000000437. The highest BCUT2D eigenvalue weighted by molar-refractivity contribution is 5.80. The van der Waals surface area contributed by atoms with Crippen LogP contribution < -0.4 is 4.57 Å². The Hall–Kier alpha value is -1.77. The third-order valence-electron chi connectivity index (χ3n) is 2.28. The predicted molar refractivity (Wildman–Crippen MR) is 69.2 cm³/mol. The molecule has 0 saturated carbocycles. The van der Waals surface area contributed by atoms with Gasteiger partial charge in [-0.15, -0.1) is 0 Å². The molecule has 0 radical (unpaired) electrons. The summed E-state index contributed by atoms with van der Waals surface area (Å²) in [5.74, 6) is -0.167. The number of nitrogens with zero attached hydrogens (tertiary/aromatic N) is 1. The molecule has 3 heteroatoms. The van der Waals surface area contributed by atoms with Crippen LogP contribution in [-0.2, 0) is 7.05 Å². The summed E-state index contributed by atoms with van der Waals surface area (Å²) < 4.78 is 1.92. The third-order valence-corrected chi connectivity index (χ3v) is 2.28. The number of pyridine rings is 1. The molecule has 0 aliphatic carbocycles.